The largest absolute Gasteiger partial charge is 0.422 e. The summed E-state index contributed by atoms with van der Waals surface area (Å²) in [7, 11) is 0. The van der Waals surface area contributed by atoms with Gasteiger partial charge in [0.05, 0.1) is 6.10 Å². The van der Waals surface area contributed by atoms with Crippen LogP contribution in [-0.4, -0.2) is 52.1 Å². The normalized spacial score (nSPS) is 17.9. The quantitative estimate of drug-likeness (QED) is 0.687. The van der Waals surface area contributed by atoms with Crippen LogP contribution in [0.1, 0.15) is 25.5 Å². The Kier molecular flexibility index (Phi) is 5.08. The molecule has 3 rings (SSSR count). The Hall–Kier alpha value is -2.68. The van der Waals surface area contributed by atoms with E-state index in [1.807, 2.05) is 24.0 Å². The zero-order valence-electron chi connectivity index (χ0n) is 14.8. The lowest BCUT2D eigenvalue weighted by molar-refractivity contribution is -0.132. The Labute approximate surface area is 150 Å². The van der Waals surface area contributed by atoms with Crippen molar-refractivity contribution in [1.29, 1.82) is 0 Å². The van der Waals surface area contributed by atoms with Crippen LogP contribution in [-0.2, 0) is 9.59 Å². The Balaban J connectivity index is 1.61. The number of nitrogens with zero attached hydrogens (tertiary/aromatic N) is 3. The molecule has 2 amide bonds. The Bertz CT molecular complexity index is 811. The van der Waals surface area contributed by atoms with Crippen molar-refractivity contribution in [1.82, 2.24) is 15.3 Å². The number of aryl methyl sites for hydroxylation is 1. The first-order valence-corrected chi connectivity index (χ1v) is 8.62. The standard InChI is InChI=1S/C17H23N5O4/c1-9-3-4-12-15(19-9)21-17(26-12)22-7-5-11(6-8-22)16(25)20-13(10(2)23)14(18)24/h3-4,10-11,13,23H,5-8H2,1-2H3,(H2,18,24)(H,20,25)/t10-,13+/m1/s1. The molecule has 0 spiro atoms. The fourth-order valence-electron chi connectivity index (χ4n) is 3.07. The maximum absolute atomic E-state index is 12.3. The van der Waals surface area contributed by atoms with Crippen LogP contribution in [0.2, 0.25) is 0 Å². The highest BCUT2D eigenvalue weighted by Crippen LogP contribution is 2.26. The summed E-state index contributed by atoms with van der Waals surface area (Å²) in [6.07, 6.45) is 0.136. The van der Waals surface area contributed by atoms with Gasteiger partial charge in [0.25, 0.3) is 6.01 Å². The number of anilines is 1. The molecular formula is C17H23N5O4. The maximum Gasteiger partial charge on any atom is 0.299 e. The number of hydrogen-bond acceptors (Lipinski definition) is 7. The van der Waals surface area contributed by atoms with Crippen molar-refractivity contribution in [3.63, 3.8) is 0 Å². The van der Waals surface area contributed by atoms with Crippen molar-refractivity contribution in [2.75, 3.05) is 18.0 Å². The van der Waals surface area contributed by atoms with Crippen LogP contribution in [0.15, 0.2) is 16.5 Å². The number of pyridine rings is 1. The lowest BCUT2D eigenvalue weighted by Gasteiger charge is -2.31. The van der Waals surface area contributed by atoms with E-state index in [0.29, 0.717) is 43.2 Å². The molecule has 0 bridgehead atoms. The lowest BCUT2D eigenvalue weighted by Crippen LogP contribution is -2.53. The van der Waals surface area contributed by atoms with Gasteiger partial charge in [-0.3, -0.25) is 9.59 Å². The molecule has 0 radical (unpaired) electrons. The molecule has 2 aromatic rings. The number of piperidine rings is 1. The van der Waals surface area contributed by atoms with Gasteiger partial charge in [-0.25, -0.2) is 4.98 Å². The van der Waals surface area contributed by atoms with E-state index in [2.05, 4.69) is 15.3 Å². The van der Waals surface area contributed by atoms with Crippen molar-refractivity contribution in [2.24, 2.45) is 11.7 Å². The molecular weight excluding hydrogens is 338 g/mol. The van der Waals surface area contributed by atoms with Gasteiger partial charge in [-0.05, 0) is 38.8 Å². The predicted octanol–water partition coefficient (Wildman–Crippen LogP) is 0.0985. The van der Waals surface area contributed by atoms with Crippen LogP contribution >= 0.6 is 0 Å². The topological polar surface area (TPSA) is 135 Å². The number of primary amides is 1. The Morgan fingerprint density at radius 3 is 2.65 bits per heavy atom. The molecule has 9 nitrogen and oxygen atoms in total. The second-order valence-corrected chi connectivity index (χ2v) is 6.66. The number of oxazole rings is 1. The fourth-order valence-corrected chi connectivity index (χ4v) is 3.07. The van der Waals surface area contributed by atoms with Gasteiger partial charge in [0.15, 0.2) is 5.58 Å². The molecule has 3 heterocycles. The lowest BCUT2D eigenvalue weighted by atomic mass is 9.95. The Morgan fingerprint density at radius 2 is 2.04 bits per heavy atom. The van der Waals surface area contributed by atoms with Gasteiger partial charge in [0, 0.05) is 24.7 Å². The van der Waals surface area contributed by atoms with Crippen molar-refractivity contribution in [3.8, 4) is 0 Å². The number of nitrogens with one attached hydrogen (secondary N) is 1. The van der Waals surface area contributed by atoms with E-state index < -0.39 is 18.1 Å². The van der Waals surface area contributed by atoms with Gasteiger partial charge in [0.2, 0.25) is 17.5 Å². The summed E-state index contributed by atoms with van der Waals surface area (Å²) in [4.78, 5) is 34.4. The third-order valence-electron chi connectivity index (χ3n) is 4.60. The summed E-state index contributed by atoms with van der Waals surface area (Å²) < 4.78 is 5.74. The average molecular weight is 361 g/mol. The molecule has 4 N–H and O–H groups in total. The first-order valence-electron chi connectivity index (χ1n) is 8.62. The number of aliphatic hydroxyl groups excluding tert-OH is 1. The van der Waals surface area contributed by atoms with E-state index in [4.69, 9.17) is 10.2 Å². The number of rotatable bonds is 5. The zero-order chi connectivity index (χ0) is 18.8. The number of fused-ring (bicyclic) bond motifs is 1. The second-order valence-electron chi connectivity index (χ2n) is 6.66. The average Bonchev–Trinajstić information content (AvgIpc) is 3.02. The maximum atomic E-state index is 12.3. The molecule has 1 aliphatic heterocycles. The van der Waals surface area contributed by atoms with Gasteiger partial charge in [-0.2, -0.15) is 4.98 Å². The van der Waals surface area contributed by atoms with E-state index in [9.17, 15) is 14.7 Å². The molecule has 2 atom stereocenters. The molecule has 9 heteroatoms. The van der Waals surface area contributed by atoms with Crippen LogP contribution in [0.3, 0.4) is 0 Å². The zero-order valence-corrected chi connectivity index (χ0v) is 14.8. The van der Waals surface area contributed by atoms with Crippen molar-refractivity contribution in [3.05, 3.63) is 17.8 Å². The summed E-state index contributed by atoms with van der Waals surface area (Å²) in [6, 6.07) is 3.13. The van der Waals surface area contributed by atoms with Crippen molar-refractivity contribution >= 4 is 29.1 Å². The van der Waals surface area contributed by atoms with Gasteiger partial charge in [-0.1, -0.05) is 0 Å². The van der Waals surface area contributed by atoms with Crippen LogP contribution in [0, 0.1) is 12.8 Å². The highest BCUT2D eigenvalue weighted by atomic mass is 16.4. The highest BCUT2D eigenvalue weighted by Gasteiger charge is 2.31. The molecule has 1 saturated heterocycles. The third-order valence-corrected chi connectivity index (χ3v) is 4.60. The number of hydrogen-bond donors (Lipinski definition) is 3. The summed E-state index contributed by atoms with van der Waals surface area (Å²) in [5.74, 6) is -1.28. The van der Waals surface area contributed by atoms with Crippen molar-refractivity contribution in [2.45, 2.75) is 38.8 Å². The Morgan fingerprint density at radius 1 is 1.35 bits per heavy atom. The third kappa shape index (κ3) is 3.77. The predicted molar refractivity (Wildman–Crippen MR) is 94.3 cm³/mol. The van der Waals surface area contributed by atoms with E-state index in [0.717, 1.165) is 5.69 Å². The molecule has 0 aliphatic carbocycles. The summed E-state index contributed by atoms with van der Waals surface area (Å²) in [5.41, 5.74) is 7.28. The van der Waals surface area contributed by atoms with E-state index in [1.165, 1.54) is 6.92 Å². The molecule has 0 unspecified atom stereocenters. The fraction of sp³-hybridized carbons (Fsp3) is 0.529. The minimum Gasteiger partial charge on any atom is -0.422 e. The van der Waals surface area contributed by atoms with Gasteiger partial charge >= 0.3 is 0 Å². The second kappa shape index (κ2) is 7.28. The number of aliphatic hydroxyl groups is 1. The molecule has 140 valence electrons. The number of carbonyl (C=O) groups excluding carboxylic acids is 2. The van der Waals surface area contributed by atoms with Gasteiger partial charge < -0.3 is 25.5 Å². The van der Waals surface area contributed by atoms with Gasteiger partial charge in [-0.15, -0.1) is 0 Å². The van der Waals surface area contributed by atoms with Crippen LogP contribution in [0.25, 0.3) is 11.2 Å². The summed E-state index contributed by atoms with van der Waals surface area (Å²) >= 11 is 0. The smallest absolute Gasteiger partial charge is 0.299 e. The monoisotopic (exact) mass is 361 g/mol. The van der Waals surface area contributed by atoms with E-state index >= 15 is 0 Å². The number of carbonyl (C=O) groups is 2. The van der Waals surface area contributed by atoms with Crippen LogP contribution < -0.4 is 16.0 Å². The van der Waals surface area contributed by atoms with Gasteiger partial charge in [0.1, 0.15) is 6.04 Å². The molecule has 1 aliphatic rings. The summed E-state index contributed by atoms with van der Waals surface area (Å²) in [6.45, 7) is 4.51. The number of nitrogens with two attached hydrogens (primary N) is 1. The molecule has 1 fully saturated rings. The van der Waals surface area contributed by atoms with E-state index in [-0.39, 0.29) is 11.8 Å². The van der Waals surface area contributed by atoms with Crippen LogP contribution in [0.4, 0.5) is 6.01 Å². The minimum absolute atomic E-state index is 0.253. The van der Waals surface area contributed by atoms with Crippen LogP contribution in [0.5, 0.6) is 0 Å². The first-order chi connectivity index (χ1) is 12.3. The molecule has 2 aromatic heterocycles. The highest BCUT2D eigenvalue weighted by molar-refractivity contribution is 5.88. The minimum atomic E-state index is -1.08. The number of aromatic nitrogens is 2. The summed E-state index contributed by atoms with van der Waals surface area (Å²) in [5, 5.41) is 12.1. The molecule has 0 aromatic carbocycles. The SMILES string of the molecule is Cc1ccc2oc(N3CCC(C(=O)N[C@H](C(N)=O)[C@@H](C)O)CC3)nc2n1. The first kappa shape index (κ1) is 18.1. The molecule has 0 saturated carbocycles. The van der Waals surface area contributed by atoms with Crippen molar-refractivity contribution < 1.29 is 19.1 Å². The molecule has 26 heavy (non-hydrogen) atoms. The van der Waals surface area contributed by atoms with E-state index in [1.54, 1.807) is 0 Å². The number of amides is 2.